The van der Waals surface area contributed by atoms with Gasteiger partial charge in [-0.3, -0.25) is 0 Å². The molecule has 3 nitrogen and oxygen atoms in total. The number of fused-ring (bicyclic) bond motifs is 1. The van der Waals surface area contributed by atoms with Gasteiger partial charge in [0.05, 0.1) is 5.69 Å². The van der Waals surface area contributed by atoms with Crippen molar-refractivity contribution in [2.75, 3.05) is 6.54 Å². The number of aryl methyl sites for hydroxylation is 1. The summed E-state index contributed by atoms with van der Waals surface area (Å²) in [5.74, 6) is 1.67. The Morgan fingerprint density at radius 3 is 2.80 bits per heavy atom. The van der Waals surface area contributed by atoms with Crippen molar-refractivity contribution in [2.24, 2.45) is 5.73 Å². The van der Waals surface area contributed by atoms with Gasteiger partial charge in [-0.2, -0.15) is 0 Å². The highest BCUT2D eigenvalue weighted by atomic mass is 16.5. The smallest absolute Gasteiger partial charge is 0.140 e. The topological polar surface area (TPSA) is 52.0 Å². The van der Waals surface area contributed by atoms with E-state index in [1.54, 1.807) is 0 Å². The van der Waals surface area contributed by atoms with Gasteiger partial charge in [-0.1, -0.05) is 25.9 Å². The fourth-order valence-electron chi connectivity index (χ4n) is 2.41. The molecule has 0 bridgehead atoms. The summed E-state index contributed by atoms with van der Waals surface area (Å²) < 4.78 is 5.42. The van der Waals surface area contributed by atoms with E-state index in [0.29, 0.717) is 5.92 Å². The molecule has 0 saturated heterocycles. The van der Waals surface area contributed by atoms with Gasteiger partial charge in [-0.25, -0.2) is 0 Å². The largest absolute Gasteiger partial charge is 0.361 e. The molecule has 0 fully saturated rings. The molecule has 1 atom stereocenters. The highest BCUT2D eigenvalue weighted by Crippen LogP contribution is 2.41. The van der Waals surface area contributed by atoms with Gasteiger partial charge in [0.1, 0.15) is 5.76 Å². The van der Waals surface area contributed by atoms with Crippen LogP contribution in [0.25, 0.3) is 0 Å². The number of rotatable bonds is 2. The summed E-state index contributed by atoms with van der Waals surface area (Å²) in [6, 6.07) is 0. The summed E-state index contributed by atoms with van der Waals surface area (Å²) in [6.07, 6.45) is 3.26. The first kappa shape index (κ1) is 10.7. The lowest BCUT2D eigenvalue weighted by atomic mass is 9.85. The molecular weight excluding hydrogens is 188 g/mol. The number of aromatic nitrogens is 1. The quantitative estimate of drug-likeness (QED) is 0.811. The molecule has 2 N–H and O–H groups in total. The Hall–Kier alpha value is -0.830. The van der Waals surface area contributed by atoms with E-state index in [4.69, 9.17) is 10.3 Å². The van der Waals surface area contributed by atoms with Crippen LogP contribution in [0.15, 0.2) is 4.52 Å². The summed E-state index contributed by atoms with van der Waals surface area (Å²) in [5.41, 5.74) is 8.21. The number of hydrogen-bond acceptors (Lipinski definition) is 3. The zero-order valence-corrected chi connectivity index (χ0v) is 9.84. The fourth-order valence-corrected chi connectivity index (χ4v) is 2.41. The molecule has 0 amide bonds. The lowest BCUT2D eigenvalue weighted by Gasteiger charge is -2.19. The third-order valence-corrected chi connectivity index (χ3v) is 3.16. The molecular formula is C12H20N2O. The van der Waals surface area contributed by atoms with Crippen LogP contribution in [0.3, 0.4) is 0 Å². The van der Waals surface area contributed by atoms with Crippen LogP contribution >= 0.6 is 0 Å². The third kappa shape index (κ3) is 1.81. The Labute approximate surface area is 91.0 Å². The molecule has 15 heavy (non-hydrogen) atoms. The molecule has 1 unspecified atom stereocenters. The van der Waals surface area contributed by atoms with E-state index >= 15 is 0 Å². The molecule has 1 aliphatic rings. The van der Waals surface area contributed by atoms with Crippen LogP contribution in [0.5, 0.6) is 0 Å². The summed E-state index contributed by atoms with van der Waals surface area (Å²) in [7, 11) is 0. The minimum Gasteiger partial charge on any atom is -0.361 e. The van der Waals surface area contributed by atoms with E-state index in [9.17, 15) is 0 Å². The number of nitrogens with zero attached hydrogens (tertiary/aromatic N) is 1. The van der Waals surface area contributed by atoms with Crippen molar-refractivity contribution < 1.29 is 4.52 Å². The second-order valence-electron chi connectivity index (χ2n) is 5.43. The molecule has 1 aliphatic carbocycles. The van der Waals surface area contributed by atoms with Gasteiger partial charge >= 0.3 is 0 Å². The van der Waals surface area contributed by atoms with E-state index in [1.807, 2.05) is 0 Å². The van der Waals surface area contributed by atoms with Crippen LogP contribution in [-0.4, -0.2) is 11.7 Å². The number of hydrogen-bond donors (Lipinski definition) is 1. The first-order valence-corrected chi connectivity index (χ1v) is 5.73. The standard InChI is InChI=1S/C12H20N2O/c1-12(2,3)11-10-8(6-7-13)4-5-9(10)15-14-11/h8H,4-7,13H2,1-3H3. The Bertz CT molecular complexity index is 349. The first-order chi connectivity index (χ1) is 7.04. The summed E-state index contributed by atoms with van der Waals surface area (Å²) in [6.45, 7) is 7.30. The molecule has 84 valence electrons. The SMILES string of the molecule is CC(C)(C)c1noc2c1C(CCN)CC2. The average molecular weight is 208 g/mol. The highest BCUT2D eigenvalue weighted by Gasteiger charge is 2.34. The third-order valence-electron chi connectivity index (χ3n) is 3.16. The van der Waals surface area contributed by atoms with E-state index in [-0.39, 0.29) is 5.41 Å². The van der Waals surface area contributed by atoms with Crippen molar-refractivity contribution in [3.05, 3.63) is 17.0 Å². The monoisotopic (exact) mass is 208 g/mol. The first-order valence-electron chi connectivity index (χ1n) is 5.73. The summed E-state index contributed by atoms with van der Waals surface area (Å²) >= 11 is 0. The van der Waals surface area contributed by atoms with Gasteiger partial charge in [0.15, 0.2) is 0 Å². The van der Waals surface area contributed by atoms with Gasteiger partial charge in [0.25, 0.3) is 0 Å². The van der Waals surface area contributed by atoms with Crippen molar-refractivity contribution in [2.45, 2.75) is 51.4 Å². The predicted molar refractivity (Wildman–Crippen MR) is 59.9 cm³/mol. The van der Waals surface area contributed by atoms with Gasteiger partial charge in [0.2, 0.25) is 0 Å². The van der Waals surface area contributed by atoms with Crippen molar-refractivity contribution in [1.82, 2.24) is 5.16 Å². The second kappa shape index (κ2) is 3.63. The molecule has 1 aromatic heterocycles. The summed E-state index contributed by atoms with van der Waals surface area (Å²) in [5, 5.41) is 4.23. The van der Waals surface area contributed by atoms with Crippen LogP contribution in [0.1, 0.15) is 56.5 Å². The maximum Gasteiger partial charge on any atom is 0.140 e. The molecule has 0 aliphatic heterocycles. The van der Waals surface area contributed by atoms with Crippen molar-refractivity contribution in [1.29, 1.82) is 0 Å². The molecule has 0 radical (unpaired) electrons. The van der Waals surface area contributed by atoms with Crippen molar-refractivity contribution in [3.8, 4) is 0 Å². The van der Waals surface area contributed by atoms with Crippen molar-refractivity contribution >= 4 is 0 Å². The van der Waals surface area contributed by atoms with Crippen LogP contribution in [0, 0.1) is 0 Å². The molecule has 1 aromatic rings. The Balaban J connectivity index is 2.36. The van der Waals surface area contributed by atoms with E-state index in [1.165, 1.54) is 12.0 Å². The number of nitrogens with two attached hydrogens (primary N) is 1. The van der Waals surface area contributed by atoms with Gasteiger partial charge < -0.3 is 10.3 Å². The molecule has 0 aromatic carbocycles. The van der Waals surface area contributed by atoms with Crippen molar-refractivity contribution in [3.63, 3.8) is 0 Å². The van der Waals surface area contributed by atoms with Gasteiger partial charge in [0, 0.05) is 17.4 Å². The highest BCUT2D eigenvalue weighted by molar-refractivity contribution is 5.35. The minimum absolute atomic E-state index is 0.0777. The molecule has 3 heteroatoms. The molecule has 1 heterocycles. The van der Waals surface area contributed by atoms with Crippen LogP contribution in [0.4, 0.5) is 0 Å². The van der Waals surface area contributed by atoms with E-state index in [0.717, 1.165) is 30.8 Å². The predicted octanol–water partition coefficient (Wildman–Crippen LogP) is 2.35. The average Bonchev–Trinajstić information content (AvgIpc) is 2.66. The molecule has 0 spiro atoms. The second-order valence-corrected chi connectivity index (χ2v) is 5.43. The Kier molecular flexibility index (Phi) is 2.59. The van der Waals surface area contributed by atoms with E-state index < -0.39 is 0 Å². The minimum atomic E-state index is 0.0777. The normalized spacial score (nSPS) is 20.7. The molecule has 2 rings (SSSR count). The van der Waals surface area contributed by atoms with Crippen LogP contribution < -0.4 is 5.73 Å². The Morgan fingerprint density at radius 2 is 2.20 bits per heavy atom. The van der Waals surface area contributed by atoms with E-state index in [2.05, 4.69) is 25.9 Å². The fraction of sp³-hybridized carbons (Fsp3) is 0.750. The van der Waals surface area contributed by atoms with Gasteiger partial charge in [-0.05, 0) is 25.3 Å². The Morgan fingerprint density at radius 1 is 1.47 bits per heavy atom. The van der Waals surface area contributed by atoms with Crippen LogP contribution in [0.2, 0.25) is 0 Å². The maximum atomic E-state index is 5.64. The maximum absolute atomic E-state index is 5.64. The lowest BCUT2D eigenvalue weighted by molar-refractivity contribution is 0.363. The van der Waals surface area contributed by atoms with Gasteiger partial charge in [-0.15, -0.1) is 0 Å². The van der Waals surface area contributed by atoms with Crippen LogP contribution in [-0.2, 0) is 11.8 Å². The zero-order chi connectivity index (χ0) is 11.1. The zero-order valence-electron chi connectivity index (χ0n) is 9.84. The summed E-state index contributed by atoms with van der Waals surface area (Å²) in [4.78, 5) is 0. The molecule has 0 saturated carbocycles. The lowest BCUT2D eigenvalue weighted by Crippen LogP contribution is -2.16.